The molecular formula is C13H16O4. The highest BCUT2D eigenvalue weighted by Gasteiger charge is 2.14. The highest BCUT2D eigenvalue weighted by Crippen LogP contribution is 2.39. The Morgan fingerprint density at radius 3 is 2.29 bits per heavy atom. The molecule has 0 saturated carbocycles. The molecule has 0 bridgehead atoms. The van der Waals surface area contributed by atoms with Gasteiger partial charge in [-0.1, -0.05) is 12.1 Å². The van der Waals surface area contributed by atoms with Gasteiger partial charge in [-0.3, -0.25) is 4.79 Å². The molecule has 0 aliphatic heterocycles. The van der Waals surface area contributed by atoms with E-state index in [9.17, 15) is 4.79 Å². The molecule has 0 heterocycles. The lowest BCUT2D eigenvalue weighted by Crippen LogP contribution is -1.98. The van der Waals surface area contributed by atoms with Crippen LogP contribution in [0.1, 0.15) is 5.56 Å². The largest absolute Gasteiger partial charge is 0.493 e. The topological polar surface area (TPSA) is 44.8 Å². The van der Waals surface area contributed by atoms with Crippen LogP contribution in [0.15, 0.2) is 24.3 Å². The predicted molar refractivity (Wildman–Crippen MR) is 65.0 cm³/mol. The summed E-state index contributed by atoms with van der Waals surface area (Å²) in [7, 11) is 4.71. The van der Waals surface area contributed by atoms with Crippen LogP contribution in [-0.2, 0) is 11.2 Å². The SMILES string of the molecule is COc1ccc(CC=CC=O)c(OC)c1OC. The Labute approximate surface area is 101 Å². The minimum Gasteiger partial charge on any atom is -0.493 e. The Kier molecular flexibility index (Phi) is 5.07. The highest BCUT2D eigenvalue weighted by atomic mass is 16.5. The van der Waals surface area contributed by atoms with E-state index in [0.29, 0.717) is 23.7 Å². The van der Waals surface area contributed by atoms with E-state index in [0.717, 1.165) is 11.8 Å². The fourth-order valence-electron chi connectivity index (χ4n) is 1.57. The van der Waals surface area contributed by atoms with E-state index >= 15 is 0 Å². The Morgan fingerprint density at radius 2 is 1.76 bits per heavy atom. The summed E-state index contributed by atoms with van der Waals surface area (Å²) in [4.78, 5) is 10.2. The van der Waals surface area contributed by atoms with E-state index in [1.807, 2.05) is 12.1 Å². The molecule has 1 rings (SSSR count). The number of hydrogen-bond donors (Lipinski definition) is 0. The van der Waals surface area contributed by atoms with Crippen LogP contribution in [0.4, 0.5) is 0 Å². The number of benzene rings is 1. The second-order valence-electron chi connectivity index (χ2n) is 3.26. The summed E-state index contributed by atoms with van der Waals surface area (Å²) in [5.74, 6) is 1.81. The maximum Gasteiger partial charge on any atom is 0.203 e. The predicted octanol–water partition coefficient (Wildman–Crippen LogP) is 2.01. The summed E-state index contributed by atoms with van der Waals surface area (Å²) in [5.41, 5.74) is 0.934. The van der Waals surface area contributed by atoms with E-state index in [1.54, 1.807) is 27.4 Å². The molecule has 4 nitrogen and oxygen atoms in total. The van der Waals surface area contributed by atoms with Gasteiger partial charge in [0.2, 0.25) is 5.75 Å². The fraction of sp³-hybridized carbons (Fsp3) is 0.308. The van der Waals surface area contributed by atoms with Crippen molar-refractivity contribution < 1.29 is 19.0 Å². The standard InChI is InChI=1S/C13H16O4/c1-15-11-8-7-10(6-4-5-9-14)12(16-2)13(11)17-3/h4-5,7-9H,6H2,1-3H3. The zero-order valence-electron chi connectivity index (χ0n) is 10.2. The molecule has 0 saturated heterocycles. The summed E-state index contributed by atoms with van der Waals surface area (Å²) in [6.07, 6.45) is 4.56. The van der Waals surface area contributed by atoms with E-state index in [4.69, 9.17) is 14.2 Å². The van der Waals surface area contributed by atoms with Crippen LogP contribution in [0.2, 0.25) is 0 Å². The molecule has 0 atom stereocenters. The molecule has 0 aliphatic rings. The van der Waals surface area contributed by atoms with Gasteiger partial charge in [-0.25, -0.2) is 0 Å². The maximum absolute atomic E-state index is 10.2. The van der Waals surface area contributed by atoms with Crippen LogP contribution in [-0.4, -0.2) is 27.6 Å². The Bertz CT molecular complexity index is 410. The lowest BCUT2D eigenvalue weighted by atomic mass is 10.1. The Morgan fingerprint density at radius 1 is 1.06 bits per heavy atom. The molecule has 0 fully saturated rings. The monoisotopic (exact) mass is 236 g/mol. The normalized spacial score (nSPS) is 10.3. The first-order valence-electron chi connectivity index (χ1n) is 5.16. The van der Waals surface area contributed by atoms with E-state index < -0.39 is 0 Å². The van der Waals surface area contributed by atoms with Crippen molar-refractivity contribution in [2.75, 3.05) is 21.3 Å². The third kappa shape index (κ3) is 3.00. The smallest absolute Gasteiger partial charge is 0.203 e. The van der Waals surface area contributed by atoms with Gasteiger partial charge in [0.25, 0.3) is 0 Å². The van der Waals surface area contributed by atoms with Gasteiger partial charge in [-0.15, -0.1) is 0 Å². The molecule has 0 aliphatic carbocycles. The van der Waals surface area contributed by atoms with Crippen molar-refractivity contribution in [3.63, 3.8) is 0 Å². The maximum atomic E-state index is 10.2. The number of allylic oxidation sites excluding steroid dienone is 2. The number of aldehydes is 1. The van der Waals surface area contributed by atoms with Gasteiger partial charge in [0.05, 0.1) is 21.3 Å². The molecule has 1 aromatic carbocycles. The molecule has 0 radical (unpaired) electrons. The average molecular weight is 236 g/mol. The van der Waals surface area contributed by atoms with Crippen LogP contribution < -0.4 is 14.2 Å². The lowest BCUT2D eigenvalue weighted by Gasteiger charge is -2.14. The van der Waals surface area contributed by atoms with Crippen LogP contribution >= 0.6 is 0 Å². The molecule has 1 aromatic rings. The number of rotatable bonds is 6. The first-order valence-corrected chi connectivity index (χ1v) is 5.16. The summed E-state index contributed by atoms with van der Waals surface area (Å²) >= 11 is 0. The third-order valence-electron chi connectivity index (χ3n) is 2.34. The summed E-state index contributed by atoms with van der Waals surface area (Å²) in [6.45, 7) is 0. The molecule has 0 N–H and O–H groups in total. The van der Waals surface area contributed by atoms with Crippen molar-refractivity contribution in [2.24, 2.45) is 0 Å². The van der Waals surface area contributed by atoms with Gasteiger partial charge in [0.15, 0.2) is 11.5 Å². The van der Waals surface area contributed by atoms with E-state index in [1.165, 1.54) is 6.08 Å². The third-order valence-corrected chi connectivity index (χ3v) is 2.34. The number of carbonyl (C=O) groups excluding carboxylic acids is 1. The highest BCUT2D eigenvalue weighted by molar-refractivity contribution is 5.65. The van der Waals surface area contributed by atoms with Gasteiger partial charge in [0, 0.05) is 5.56 Å². The number of carbonyl (C=O) groups is 1. The minimum absolute atomic E-state index is 0.562. The zero-order valence-corrected chi connectivity index (χ0v) is 10.2. The minimum atomic E-state index is 0.562. The second kappa shape index (κ2) is 6.58. The van der Waals surface area contributed by atoms with Gasteiger partial charge in [-0.2, -0.15) is 0 Å². The van der Waals surface area contributed by atoms with Crippen LogP contribution in [0, 0.1) is 0 Å². The van der Waals surface area contributed by atoms with Crippen molar-refractivity contribution in [1.29, 1.82) is 0 Å². The molecule has 0 unspecified atom stereocenters. The first-order chi connectivity index (χ1) is 8.28. The molecule has 0 amide bonds. The van der Waals surface area contributed by atoms with Gasteiger partial charge in [0.1, 0.15) is 6.29 Å². The van der Waals surface area contributed by atoms with Crippen molar-refractivity contribution in [1.82, 2.24) is 0 Å². The van der Waals surface area contributed by atoms with Crippen LogP contribution in [0.3, 0.4) is 0 Å². The van der Waals surface area contributed by atoms with Gasteiger partial charge < -0.3 is 14.2 Å². The second-order valence-corrected chi connectivity index (χ2v) is 3.26. The molecule has 0 aromatic heterocycles. The van der Waals surface area contributed by atoms with Crippen molar-refractivity contribution in [3.05, 3.63) is 29.8 Å². The van der Waals surface area contributed by atoms with Gasteiger partial charge in [-0.05, 0) is 18.6 Å². The van der Waals surface area contributed by atoms with Crippen molar-refractivity contribution in [2.45, 2.75) is 6.42 Å². The summed E-state index contributed by atoms with van der Waals surface area (Å²) in [5, 5.41) is 0. The summed E-state index contributed by atoms with van der Waals surface area (Å²) < 4.78 is 15.8. The van der Waals surface area contributed by atoms with Crippen molar-refractivity contribution in [3.8, 4) is 17.2 Å². The molecular weight excluding hydrogens is 220 g/mol. The average Bonchev–Trinajstić information content (AvgIpc) is 2.38. The molecule has 17 heavy (non-hydrogen) atoms. The molecule has 4 heteroatoms. The van der Waals surface area contributed by atoms with Gasteiger partial charge >= 0.3 is 0 Å². The Hall–Kier alpha value is -1.97. The lowest BCUT2D eigenvalue weighted by molar-refractivity contribution is -0.104. The number of ether oxygens (including phenoxy) is 3. The van der Waals surface area contributed by atoms with Crippen LogP contribution in [0.25, 0.3) is 0 Å². The van der Waals surface area contributed by atoms with E-state index in [2.05, 4.69) is 0 Å². The Balaban J connectivity index is 3.13. The number of methoxy groups -OCH3 is 3. The zero-order chi connectivity index (χ0) is 12.7. The summed E-state index contributed by atoms with van der Waals surface area (Å²) in [6, 6.07) is 3.70. The van der Waals surface area contributed by atoms with E-state index in [-0.39, 0.29) is 0 Å². The first kappa shape index (κ1) is 13.1. The molecule has 92 valence electrons. The fourth-order valence-corrected chi connectivity index (χ4v) is 1.57. The molecule has 0 spiro atoms. The quantitative estimate of drug-likeness (QED) is 0.560. The van der Waals surface area contributed by atoms with Crippen molar-refractivity contribution >= 4 is 6.29 Å². The van der Waals surface area contributed by atoms with Crippen LogP contribution in [0.5, 0.6) is 17.2 Å². The number of hydrogen-bond acceptors (Lipinski definition) is 4.